The van der Waals surface area contributed by atoms with Crippen LogP contribution in [0, 0.1) is 0 Å². The van der Waals surface area contributed by atoms with E-state index in [9.17, 15) is 0 Å². The van der Waals surface area contributed by atoms with Crippen LogP contribution in [-0.2, 0) is 4.74 Å². The number of aliphatic hydroxyl groups is 2. The van der Waals surface area contributed by atoms with Crippen LogP contribution in [0.2, 0.25) is 0 Å². The van der Waals surface area contributed by atoms with E-state index in [4.69, 9.17) is 33.4 Å². The van der Waals surface area contributed by atoms with Crippen LogP contribution in [0.1, 0.15) is 0 Å². The molecule has 0 rings (SSSR count). The Morgan fingerprint density at radius 3 is 1.67 bits per heavy atom. The average Bonchev–Trinajstić information content (AvgIpc) is 1.87. The molecule has 0 amide bonds. The van der Waals surface area contributed by atoms with Crippen LogP contribution in [0.3, 0.4) is 0 Å². The van der Waals surface area contributed by atoms with Gasteiger partial charge in [0.25, 0.3) is 0 Å². The molecule has 0 fully saturated rings. The summed E-state index contributed by atoms with van der Waals surface area (Å²) in [6, 6.07) is 0. The molecule has 3 nitrogen and oxygen atoms in total. The number of aliphatic hydroxyl groups excluding tert-OH is 2. The maximum atomic E-state index is 8.59. The molecule has 0 spiro atoms. The van der Waals surface area contributed by atoms with Crippen LogP contribution in [0.4, 0.5) is 0 Å². The Hall–Kier alpha value is 0.460. The predicted molar refractivity (Wildman–Crippen MR) is 34.5 cm³/mol. The first-order chi connectivity index (χ1) is 4.20. The van der Waals surface area contributed by atoms with Gasteiger partial charge < -0.3 is 14.9 Å². The third kappa shape index (κ3) is 4.93. The molecule has 2 unspecified atom stereocenters. The second-order valence-electron chi connectivity index (χ2n) is 1.35. The van der Waals surface area contributed by atoms with E-state index in [1.165, 1.54) is 0 Å². The van der Waals surface area contributed by atoms with E-state index in [-0.39, 0.29) is 11.8 Å². The lowest BCUT2D eigenvalue weighted by atomic mass is 10.7. The third-order valence-electron chi connectivity index (χ3n) is 0.578. The fraction of sp³-hybridized carbons (Fsp3) is 1.00. The number of rotatable bonds is 4. The lowest BCUT2D eigenvalue weighted by Gasteiger charge is -2.11. The van der Waals surface area contributed by atoms with Gasteiger partial charge in [-0.3, -0.25) is 0 Å². The summed E-state index contributed by atoms with van der Waals surface area (Å²) in [6.07, 6.45) is -2.28. The maximum Gasteiger partial charge on any atom is 0.171 e. The Labute approximate surface area is 63.1 Å². The number of hydrogen-bond donors (Lipinski definition) is 2. The molecule has 0 aliphatic carbocycles. The van der Waals surface area contributed by atoms with Crippen molar-refractivity contribution in [3.05, 3.63) is 0 Å². The standard InChI is InChI=1S/C4H8Cl2O3/c5-1-3(7)9-4(8)2-6/h3-4,7-8H,1-2H2. The number of ether oxygens (including phenoxy) is 1. The third-order valence-corrected chi connectivity index (χ3v) is 1.11. The van der Waals surface area contributed by atoms with E-state index in [2.05, 4.69) is 4.74 Å². The van der Waals surface area contributed by atoms with E-state index in [1.807, 2.05) is 0 Å². The minimum atomic E-state index is -1.14. The van der Waals surface area contributed by atoms with Crippen molar-refractivity contribution in [3.63, 3.8) is 0 Å². The molecule has 0 saturated heterocycles. The van der Waals surface area contributed by atoms with Crippen molar-refractivity contribution in [2.24, 2.45) is 0 Å². The molecule has 0 saturated carbocycles. The highest BCUT2D eigenvalue weighted by Crippen LogP contribution is 1.96. The molecule has 2 atom stereocenters. The van der Waals surface area contributed by atoms with Crippen molar-refractivity contribution in [1.82, 2.24) is 0 Å². The Balaban J connectivity index is 3.22. The molecule has 0 aromatic carbocycles. The van der Waals surface area contributed by atoms with Crippen molar-refractivity contribution >= 4 is 23.2 Å². The second kappa shape index (κ2) is 5.26. The van der Waals surface area contributed by atoms with Gasteiger partial charge in [0, 0.05) is 0 Å². The summed E-state index contributed by atoms with van der Waals surface area (Å²) in [7, 11) is 0. The molecule has 5 heteroatoms. The molecule has 0 radical (unpaired) electrons. The molecule has 0 heterocycles. The van der Waals surface area contributed by atoms with Crippen LogP contribution in [-0.4, -0.2) is 34.6 Å². The second-order valence-corrected chi connectivity index (χ2v) is 1.97. The Morgan fingerprint density at radius 1 is 1.11 bits per heavy atom. The largest absolute Gasteiger partial charge is 0.367 e. The van der Waals surface area contributed by atoms with Crippen LogP contribution in [0.5, 0.6) is 0 Å². The first-order valence-electron chi connectivity index (χ1n) is 2.34. The van der Waals surface area contributed by atoms with Crippen LogP contribution in [0.15, 0.2) is 0 Å². The maximum absolute atomic E-state index is 8.59. The Bertz CT molecular complexity index is 62.8. The molecule has 0 bridgehead atoms. The SMILES string of the molecule is OC(CCl)OC(O)CCl. The number of halogens is 2. The van der Waals surface area contributed by atoms with Gasteiger partial charge in [-0.15, -0.1) is 23.2 Å². The highest BCUT2D eigenvalue weighted by Gasteiger charge is 2.07. The van der Waals surface area contributed by atoms with Crippen LogP contribution >= 0.6 is 23.2 Å². The van der Waals surface area contributed by atoms with Crippen molar-refractivity contribution in [2.75, 3.05) is 11.8 Å². The fourth-order valence-electron chi connectivity index (χ4n) is 0.254. The van der Waals surface area contributed by atoms with E-state index in [1.54, 1.807) is 0 Å². The van der Waals surface area contributed by atoms with Crippen molar-refractivity contribution in [2.45, 2.75) is 12.6 Å². The summed E-state index contributed by atoms with van der Waals surface area (Å²) in [4.78, 5) is 0. The normalized spacial score (nSPS) is 17.3. The topological polar surface area (TPSA) is 49.7 Å². The van der Waals surface area contributed by atoms with E-state index >= 15 is 0 Å². The van der Waals surface area contributed by atoms with Crippen molar-refractivity contribution in [3.8, 4) is 0 Å². The van der Waals surface area contributed by atoms with E-state index < -0.39 is 12.6 Å². The van der Waals surface area contributed by atoms with Gasteiger partial charge in [-0.05, 0) is 0 Å². The molecule has 2 N–H and O–H groups in total. The van der Waals surface area contributed by atoms with E-state index in [0.717, 1.165) is 0 Å². The molecule has 0 aromatic heterocycles. The van der Waals surface area contributed by atoms with Gasteiger partial charge in [-0.25, -0.2) is 0 Å². The summed E-state index contributed by atoms with van der Waals surface area (Å²) in [5.74, 6) is -0.151. The average molecular weight is 175 g/mol. The highest BCUT2D eigenvalue weighted by molar-refractivity contribution is 6.18. The summed E-state index contributed by atoms with van der Waals surface area (Å²) in [5, 5.41) is 17.2. The first-order valence-corrected chi connectivity index (χ1v) is 3.41. The zero-order valence-electron chi connectivity index (χ0n) is 4.63. The zero-order valence-corrected chi connectivity index (χ0v) is 6.14. The predicted octanol–water partition coefficient (Wildman–Crippen LogP) is 0.117. The van der Waals surface area contributed by atoms with Gasteiger partial charge in [-0.1, -0.05) is 0 Å². The van der Waals surface area contributed by atoms with Crippen LogP contribution < -0.4 is 0 Å². The van der Waals surface area contributed by atoms with E-state index in [0.29, 0.717) is 0 Å². The van der Waals surface area contributed by atoms with Crippen molar-refractivity contribution in [1.29, 1.82) is 0 Å². The summed E-state index contributed by atoms with van der Waals surface area (Å²) in [5.41, 5.74) is 0. The molecule has 9 heavy (non-hydrogen) atoms. The lowest BCUT2D eigenvalue weighted by Crippen LogP contribution is -2.23. The summed E-state index contributed by atoms with van der Waals surface area (Å²) < 4.78 is 4.40. The summed E-state index contributed by atoms with van der Waals surface area (Å²) in [6.45, 7) is 0. The monoisotopic (exact) mass is 174 g/mol. The highest BCUT2D eigenvalue weighted by atomic mass is 35.5. The molecule has 0 aliphatic rings. The number of hydrogen-bond acceptors (Lipinski definition) is 3. The van der Waals surface area contributed by atoms with Gasteiger partial charge in [0.15, 0.2) is 12.6 Å². The van der Waals surface area contributed by atoms with Gasteiger partial charge in [0.1, 0.15) is 0 Å². The molecular weight excluding hydrogens is 167 g/mol. The minimum Gasteiger partial charge on any atom is -0.367 e. The van der Waals surface area contributed by atoms with Gasteiger partial charge in [0.2, 0.25) is 0 Å². The van der Waals surface area contributed by atoms with Gasteiger partial charge >= 0.3 is 0 Å². The lowest BCUT2D eigenvalue weighted by molar-refractivity contribution is -0.187. The van der Waals surface area contributed by atoms with Crippen molar-refractivity contribution < 1.29 is 14.9 Å². The molecule has 0 aromatic rings. The Morgan fingerprint density at radius 2 is 1.44 bits per heavy atom. The quantitative estimate of drug-likeness (QED) is 0.471. The Kier molecular flexibility index (Phi) is 5.53. The fourth-order valence-corrected chi connectivity index (χ4v) is 0.400. The molecular formula is C4H8Cl2O3. The first kappa shape index (κ1) is 9.46. The zero-order chi connectivity index (χ0) is 7.28. The smallest absolute Gasteiger partial charge is 0.171 e. The number of alkyl halides is 2. The van der Waals surface area contributed by atoms with Gasteiger partial charge in [0.05, 0.1) is 11.8 Å². The minimum absolute atomic E-state index is 0.0754. The molecule has 0 aliphatic heterocycles. The summed E-state index contributed by atoms with van der Waals surface area (Å²) >= 11 is 10.2. The molecule has 56 valence electrons. The van der Waals surface area contributed by atoms with Crippen LogP contribution in [0.25, 0.3) is 0 Å². The van der Waals surface area contributed by atoms with Gasteiger partial charge in [-0.2, -0.15) is 0 Å².